The Hall–Kier alpha value is -0.940. The number of ether oxygens (including phenoxy) is 1. The van der Waals surface area contributed by atoms with Crippen LogP contribution in [0, 0.1) is 0 Å². The summed E-state index contributed by atoms with van der Waals surface area (Å²) >= 11 is 0. The Morgan fingerprint density at radius 1 is 1.45 bits per heavy atom. The molecule has 0 amide bonds. The van der Waals surface area contributed by atoms with E-state index in [0.717, 1.165) is 0 Å². The fraction of sp³-hybridized carbons (Fsp3) is 0.667. The van der Waals surface area contributed by atoms with Gasteiger partial charge in [0.15, 0.2) is 5.78 Å². The van der Waals surface area contributed by atoms with Gasteiger partial charge in [-0.3, -0.25) is 4.79 Å². The Morgan fingerprint density at radius 3 is 2.55 bits per heavy atom. The highest BCUT2D eigenvalue weighted by Crippen LogP contribution is 1.82. The third kappa shape index (κ3) is 6.95. The summed E-state index contributed by atoms with van der Waals surface area (Å²) in [6.07, 6.45) is -0.593. The van der Waals surface area contributed by atoms with Gasteiger partial charge in [-0.15, -0.1) is 0 Å². The minimum Gasteiger partial charge on any atom is -0.550 e. The molecule has 0 aliphatic heterocycles. The molecule has 0 fully saturated rings. The summed E-state index contributed by atoms with van der Waals surface area (Å²) in [6.45, 7) is 0.378. The molecule has 0 rings (SSSR count). The van der Waals surface area contributed by atoms with Gasteiger partial charge in [-0.25, -0.2) is 0 Å². The normalized spacial score (nSPS) is 9.55. The van der Waals surface area contributed by atoms with Crippen molar-refractivity contribution >= 4 is 11.8 Å². The number of ketones is 1. The number of hydrogen-bond acceptors (Lipinski definition) is 5. The molecule has 0 bridgehead atoms. The Bertz CT molecular complexity index is 146. The quantitative estimate of drug-likeness (QED) is 0.347. The second kappa shape index (κ2) is 5.82. The first-order valence-electron chi connectivity index (χ1n) is 3.16. The molecule has 64 valence electrons. The second-order valence-electron chi connectivity index (χ2n) is 1.93. The van der Waals surface area contributed by atoms with Crippen molar-refractivity contribution in [2.24, 2.45) is 5.73 Å². The Morgan fingerprint density at radius 2 is 2.09 bits per heavy atom. The average molecular weight is 160 g/mol. The molecule has 0 atom stereocenters. The predicted molar refractivity (Wildman–Crippen MR) is 34.5 cm³/mol. The third-order valence-corrected chi connectivity index (χ3v) is 0.867. The van der Waals surface area contributed by atoms with Crippen LogP contribution < -0.4 is 10.8 Å². The van der Waals surface area contributed by atoms with E-state index < -0.39 is 18.2 Å². The largest absolute Gasteiger partial charge is 0.550 e. The van der Waals surface area contributed by atoms with Crippen LogP contribution in [0.25, 0.3) is 0 Å². The molecule has 0 unspecified atom stereocenters. The van der Waals surface area contributed by atoms with Gasteiger partial charge in [0.2, 0.25) is 0 Å². The molecule has 0 aromatic rings. The number of Topliss-reactive ketones (excluding diaryl/α,β-unsaturated/α-hetero) is 1. The van der Waals surface area contributed by atoms with Crippen molar-refractivity contribution in [1.82, 2.24) is 0 Å². The summed E-state index contributed by atoms with van der Waals surface area (Å²) in [5.74, 6) is -1.88. The molecule has 0 aromatic heterocycles. The van der Waals surface area contributed by atoms with Crippen LogP contribution in [0.5, 0.6) is 0 Å². The van der Waals surface area contributed by atoms with Crippen molar-refractivity contribution in [1.29, 1.82) is 0 Å². The van der Waals surface area contributed by atoms with E-state index in [-0.39, 0.29) is 13.2 Å². The predicted octanol–water partition coefficient (Wildman–Crippen LogP) is -2.33. The number of hydrogen-bond donors (Lipinski definition) is 1. The van der Waals surface area contributed by atoms with Crippen LogP contribution in [0.2, 0.25) is 0 Å². The van der Waals surface area contributed by atoms with E-state index in [1.807, 2.05) is 0 Å². The fourth-order valence-corrected chi connectivity index (χ4v) is 0.481. The molecule has 0 saturated carbocycles. The lowest BCUT2D eigenvalue weighted by atomic mass is 10.3. The van der Waals surface area contributed by atoms with Gasteiger partial charge in [-0.1, -0.05) is 0 Å². The van der Waals surface area contributed by atoms with Gasteiger partial charge in [0.25, 0.3) is 0 Å². The Balaban J connectivity index is 3.30. The van der Waals surface area contributed by atoms with Crippen LogP contribution in [-0.2, 0) is 14.3 Å². The highest BCUT2D eigenvalue weighted by atomic mass is 16.5. The number of carbonyl (C=O) groups excluding carboxylic acids is 2. The van der Waals surface area contributed by atoms with E-state index in [1.54, 1.807) is 0 Å². The summed E-state index contributed by atoms with van der Waals surface area (Å²) in [5, 5.41) is 9.83. The van der Waals surface area contributed by atoms with Gasteiger partial charge in [0.05, 0.1) is 6.61 Å². The second-order valence-corrected chi connectivity index (χ2v) is 1.93. The van der Waals surface area contributed by atoms with Crippen molar-refractivity contribution in [3.8, 4) is 0 Å². The molecule has 0 radical (unpaired) electrons. The molecule has 5 heteroatoms. The molecule has 0 heterocycles. The molecule has 0 aliphatic carbocycles. The fourth-order valence-electron chi connectivity index (χ4n) is 0.481. The number of aliphatic carboxylic acids is 1. The molecule has 0 aromatic carbocycles. The summed E-state index contributed by atoms with van der Waals surface area (Å²) in [5.41, 5.74) is 5.05. The molecule has 0 spiro atoms. The summed E-state index contributed by atoms with van der Waals surface area (Å²) in [4.78, 5) is 20.4. The van der Waals surface area contributed by atoms with Crippen LogP contribution in [0.1, 0.15) is 6.42 Å². The van der Waals surface area contributed by atoms with E-state index in [0.29, 0.717) is 6.54 Å². The molecule has 0 aliphatic rings. The lowest BCUT2D eigenvalue weighted by Gasteiger charge is -2.01. The summed E-state index contributed by atoms with van der Waals surface area (Å²) in [7, 11) is 0. The zero-order valence-corrected chi connectivity index (χ0v) is 6.04. The standard InChI is InChI=1S/C6H11NO4/c7-1-2-11-4-5(8)3-6(9)10/h1-4,7H2,(H,9,10)/p-1. The lowest BCUT2D eigenvalue weighted by molar-refractivity contribution is -0.304. The van der Waals surface area contributed by atoms with Gasteiger partial charge in [0.1, 0.15) is 6.61 Å². The Kier molecular flexibility index (Phi) is 5.32. The van der Waals surface area contributed by atoms with E-state index in [1.165, 1.54) is 0 Å². The van der Waals surface area contributed by atoms with E-state index >= 15 is 0 Å². The van der Waals surface area contributed by atoms with E-state index in [4.69, 9.17) is 5.73 Å². The molecular formula is C6H10NO4-. The average Bonchev–Trinajstić information content (AvgIpc) is 1.86. The monoisotopic (exact) mass is 160 g/mol. The van der Waals surface area contributed by atoms with Gasteiger partial charge >= 0.3 is 0 Å². The first-order valence-corrected chi connectivity index (χ1v) is 3.16. The van der Waals surface area contributed by atoms with Crippen molar-refractivity contribution in [2.75, 3.05) is 19.8 Å². The molecule has 2 N–H and O–H groups in total. The number of rotatable bonds is 6. The number of carbonyl (C=O) groups is 2. The summed E-state index contributed by atoms with van der Waals surface area (Å²) in [6, 6.07) is 0. The highest BCUT2D eigenvalue weighted by Gasteiger charge is 2.00. The molecule has 11 heavy (non-hydrogen) atoms. The zero-order valence-electron chi connectivity index (χ0n) is 6.04. The van der Waals surface area contributed by atoms with Crippen LogP contribution in [0.4, 0.5) is 0 Å². The van der Waals surface area contributed by atoms with E-state index in [2.05, 4.69) is 4.74 Å². The van der Waals surface area contributed by atoms with Gasteiger partial charge in [-0.2, -0.15) is 0 Å². The van der Waals surface area contributed by atoms with Gasteiger partial charge in [-0.05, 0) is 0 Å². The SMILES string of the molecule is NCCOCC(=O)CC(=O)[O-]. The van der Waals surface area contributed by atoms with Crippen molar-refractivity contribution < 1.29 is 19.4 Å². The minimum absolute atomic E-state index is 0.203. The number of nitrogens with two attached hydrogens (primary N) is 1. The van der Waals surface area contributed by atoms with Crippen LogP contribution >= 0.6 is 0 Å². The van der Waals surface area contributed by atoms with Crippen LogP contribution in [0.15, 0.2) is 0 Å². The smallest absolute Gasteiger partial charge is 0.164 e. The maximum Gasteiger partial charge on any atom is 0.164 e. The number of carboxylic acids is 1. The first kappa shape index (κ1) is 10.1. The highest BCUT2D eigenvalue weighted by molar-refractivity contribution is 5.94. The molecule has 0 saturated heterocycles. The summed E-state index contributed by atoms with van der Waals surface area (Å²) < 4.78 is 4.68. The van der Waals surface area contributed by atoms with E-state index in [9.17, 15) is 14.7 Å². The molecule has 5 nitrogen and oxygen atoms in total. The first-order chi connectivity index (χ1) is 5.16. The van der Waals surface area contributed by atoms with Crippen molar-refractivity contribution in [3.05, 3.63) is 0 Å². The topological polar surface area (TPSA) is 92.5 Å². The lowest BCUT2D eigenvalue weighted by Crippen LogP contribution is -2.27. The van der Waals surface area contributed by atoms with Crippen molar-refractivity contribution in [3.63, 3.8) is 0 Å². The van der Waals surface area contributed by atoms with Crippen molar-refractivity contribution in [2.45, 2.75) is 6.42 Å². The Labute approximate surface area is 64.1 Å². The van der Waals surface area contributed by atoms with Gasteiger partial charge in [0, 0.05) is 18.9 Å². The molecular weight excluding hydrogens is 150 g/mol. The minimum atomic E-state index is -1.38. The van der Waals surface area contributed by atoms with Crippen LogP contribution in [-0.4, -0.2) is 31.5 Å². The third-order valence-electron chi connectivity index (χ3n) is 0.867. The van der Waals surface area contributed by atoms with Crippen LogP contribution in [0.3, 0.4) is 0 Å². The zero-order chi connectivity index (χ0) is 8.69. The maximum absolute atomic E-state index is 10.5. The maximum atomic E-state index is 10.5. The van der Waals surface area contributed by atoms with Gasteiger partial charge < -0.3 is 20.4 Å². The number of carboxylic acid groups (broad SMARTS) is 1.